The standard InChI is InChI=1S/C16H19N3OS/c1-12-18-11-15(21-12)10-17-9-13-4-6-14(7-5-13)19-8-2-3-16(19)20/h4-7,11,17H,2-3,8-10H2,1H3. The number of amides is 1. The number of rotatable bonds is 5. The summed E-state index contributed by atoms with van der Waals surface area (Å²) in [5, 5.41) is 4.52. The Morgan fingerprint density at radius 1 is 1.29 bits per heavy atom. The zero-order valence-electron chi connectivity index (χ0n) is 12.1. The molecule has 1 amide bonds. The summed E-state index contributed by atoms with van der Waals surface area (Å²) in [7, 11) is 0. The molecule has 21 heavy (non-hydrogen) atoms. The summed E-state index contributed by atoms with van der Waals surface area (Å²) in [5.41, 5.74) is 2.24. The minimum Gasteiger partial charge on any atom is -0.312 e. The number of hydrogen-bond donors (Lipinski definition) is 1. The minimum absolute atomic E-state index is 0.237. The normalized spacial score (nSPS) is 14.9. The number of anilines is 1. The fraction of sp³-hybridized carbons (Fsp3) is 0.375. The first-order valence-corrected chi connectivity index (χ1v) is 8.05. The summed E-state index contributed by atoms with van der Waals surface area (Å²) in [4.78, 5) is 19.1. The van der Waals surface area contributed by atoms with Crippen molar-refractivity contribution < 1.29 is 4.79 Å². The van der Waals surface area contributed by atoms with Crippen LogP contribution in [0.3, 0.4) is 0 Å². The van der Waals surface area contributed by atoms with E-state index in [1.54, 1.807) is 11.3 Å². The van der Waals surface area contributed by atoms with Crippen LogP contribution >= 0.6 is 11.3 Å². The van der Waals surface area contributed by atoms with Crippen LogP contribution in [0, 0.1) is 6.92 Å². The van der Waals surface area contributed by atoms with E-state index < -0.39 is 0 Å². The van der Waals surface area contributed by atoms with E-state index in [0.29, 0.717) is 6.42 Å². The minimum atomic E-state index is 0.237. The van der Waals surface area contributed by atoms with Gasteiger partial charge in [0.15, 0.2) is 0 Å². The van der Waals surface area contributed by atoms with Gasteiger partial charge in [0.2, 0.25) is 5.91 Å². The van der Waals surface area contributed by atoms with Gasteiger partial charge in [-0.15, -0.1) is 11.3 Å². The highest BCUT2D eigenvalue weighted by Gasteiger charge is 2.21. The predicted molar refractivity (Wildman–Crippen MR) is 85.4 cm³/mol. The maximum Gasteiger partial charge on any atom is 0.227 e. The maximum absolute atomic E-state index is 11.7. The van der Waals surface area contributed by atoms with Gasteiger partial charge in [-0.05, 0) is 31.0 Å². The molecule has 0 radical (unpaired) electrons. The highest BCUT2D eigenvalue weighted by Crippen LogP contribution is 2.21. The zero-order valence-corrected chi connectivity index (χ0v) is 12.9. The topological polar surface area (TPSA) is 45.2 Å². The summed E-state index contributed by atoms with van der Waals surface area (Å²) in [5.74, 6) is 0.237. The molecule has 0 unspecified atom stereocenters. The van der Waals surface area contributed by atoms with Gasteiger partial charge in [-0.1, -0.05) is 12.1 Å². The van der Waals surface area contributed by atoms with E-state index in [-0.39, 0.29) is 5.91 Å². The molecule has 4 nitrogen and oxygen atoms in total. The van der Waals surface area contributed by atoms with E-state index >= 15 is 0 Å². The molecule has 0 bridgehead atoms. The van der Waals surface area contributed by atoms with Crippen molar-refractivity contribution in [3.05, 3.63) is 45.9 Å². The molecule has 0 aliphatic carbocycles. The Hall–Kier alpha value is -1.72. The molecule has 110 valence electrons. The lowest BCUT2D eigenvalue weighted by molar-refractivity contribution is -0.117. The Bertz CT molecular complexity index is 621. The van der Waals surface area contributed by atoms with E-state index in [2.05, 4.69) is 22.4 Å². The molecular weight excluding hydrogens is 282 g/mol. The maximum atomic E-state index is 11.7. The second-order valence-corrected chi connectivity index (χ2v) is 6.58. The summed E-state index contributed by atoms with van der Waals surface area (Å²) in [6.07, 6.45) is 3.57. The van der Waals surface area contributed by atoms with E-state index in [1.165, 1.54) is 10.4 Å². The Labute approximate surface area is 128 Å². The number of carbonyl (C=O) groups is 1. The van der Waals surface area contributed by atoms with Crippen molar-refractivity contribution in [3.8, 4) is 0 Å². The van der Waals surface area contributed by atoms with Crippen molar-refractivity contribution in [2.45, 2.75) is 32.9 Å². The molecule has 0 saturated carbocycles. The number of hydrogen-bond acceptors (Lipinski definition) is 4. The molecule has 1 saturated heterocycles. The van der Waals surface area contributed by atoms with Crippen LogP contribution in [-0.2, 0) is 17.9 Å². The van der Waals surface area contributed by atoms with Crippen LogP contribution in [0.1, 0.15) is 28.3 Å². The van der Waals surface area contributed by atoms with E-state index in [9.17, 15) is 4.79 Å². The van der Waals surface area contributed by atoms with Crippen LogP contribution in [0.4, 0.5) is 5.69 Å². The molecule has 1 aliphatic rings. The molecule has 3 rings (SSSR count). The van der Waals surface area contributed by atoms with E-state index in [4.69, 9.17) is 0 Å². The van der Waals surface area contributed by atoms with Gasteiger partial charge in [-0.2, -0.15) is 0 Å². The smallest absolute Gasteiger partial charge is 0.227 e. The Morgan fingerprint density at radius 3 is 2.71 bits per heavy atom. The van der Waals surface area contributed by atoms with Crippen LogP contribution < -0.4 is 10.2 Å². The van der Waals surface area contributed by atoms with Gasteiger partial charge in [0.1, 0.15) is 0 Å². The number of nitrogens with one attached hydrogen (secondary N) is 1. The molecule has 5 heteroatoms. The molecule has 1 aromatic carbocycles. The Morgan fingerprint density at radius 2 is 2.10 bits per heavy atom. The highest BCUT2D eigenvalue weighted by molar-refractivity contribution is 7.11. The third kappa shape index (κ3) is 3.49. The largest absolute Gasteiger partial charge is 0.312 e. The number of benzene rings is 1. The lowest BCUT2D eigenvalue weighted by Gasteiger charge is -2.16. The summed E-state index contributed by atoms with van der Waals surface area (Å²) < 4.78 is 0. The van der Waals surface area contributed by atoms with Crippen LogP contribution in [0.15, 0.2) is 30.5 Å². The number of aromatic nitrogens is 1. The first-order valence-electron chi connectivity index (χ1n) is 7.24. The fourth-order valence-electron chi connectivity index (χ4n) is 2.53. The van der Waals surface area contributed by atoms with E-state index in [0.717, 1.165) is 36.8 Å². The number of thiazole rings is 1. The van der Waals surface area contributed by atoms with Crippen LogP contribution in [0.5, 0.6) is 0 Å². The Balaban J connectivity index is 1.53. The number of aryl methyl sites for hydroxylation is 1. The van der Waals surface area contributed by atoms with Crippen LogP contribution in [0.2, 0.25) is 0 Å². The first kappa shape index (κ1) is 14.2. The van der Waals surface area contributed by atoms with Gasteiger partial charge in [0.05, 0.1) is 5.01 Å². The van der Waals surface area contributed by atoms with Crippen molar-refractivity contribution in [3.63, 3.8) is 0 Å². The van der Waals surface area contributed by atoms with Gasteiger partial charge < -0.3 is 10.2 Å². The second kappa shape index (κ2) is 6.37. The summed E-state index contributed by atoms with van der Waals surface area (Å²) in [6, 6.07) is 8.26. The Kier molecular flexibility index (Phi) is 4.31. The van der Waals surface area contributed by atoms with Crippen molar-refractivity contribution in [1.82, 2.24) is 10.3 Å². The van der Waals surface area contributed by atoms with Crippen molar-refractivity contribution in [1.29, 1.82) is 0 Å². The first-order chi connectivity index (χ1) is 10.2. The van der Waals surface area contributed by atoms with Crippen molar-refractivity contribution >= 4 is 22.9 Å². The number of carbonyl (C=O) groups excluding carboxylic acids is 1. The van der Waals surface area contributed by atoms with Crippen LogP contribution in [0.25, 0.3) is 0 Å². The van der Waals surface area contributed by atoms with Gasteiger partial charge >= 0.3 is 0 Å². The van der Waals surface area contributed by atoms with Crippen molar-refractivity contribution in [2.24, 2.45) is 0 Å². The number of nitrogens with zero attached hydrogens (tertiary/aromatic N) is 2. The zero-order chi connectivity index (χ0) is 14.7. The van der Waals surface area contributed by atoms with Gasteiger partial charge in [0.25, 0.3) is 0 Å². The monoisotopic (exact) mass is 301 g/mol. The molecule has 2 aromatic rings. The quantitative estimate of drug-likeness (QED) is 0.923. The molecule has 2 heterocycles. The fourth-order valence-corrected chi connectivity index (χ4v) is 3.30. The molecule has 1 aromatic heterocycles. The van der Waals surface area contributed by atoms with Crippen molar-refractivity contribution in [2.75, 3.05) is 11.4 Å². The molecular formula is C16H19N3OS. The summed E-state index contributed by atoms with van der Waals surface area (Å²) in [6.45, 7) is 4.54. The van der Waals surface area contributed by atoms with Gasteiger partial charge in [-0.25, -0.2) is 4.98 Å². The molecule has 0 spiro atoms. The molecule has 1 N–H and O–H groups in total. The summed E-state index contributed by atoms with van der Waals surface area (Å²) >= 11 is 1.72. The predicted octanol–water partition coefficient (Wildman–Crippen LogP) is 2.87. The third-order valence-corrected chi connectivity index (χ3v) is 4.53. The molecule has 1 aliphatic heterocycles. The van der Waals surface area contributed by atoms with Gasteiger partial charge in [0, 0.05) is 42.8 Å². The SMILES string of the molecule is Cc1ncc(CNCc2ccc(N3CCCC3=O)cc2)s1. The third-order valence-electron chi connectivity index (χ3n) is 3.62. The highest BCUT2D eigenvalue weighted by atomic mass is 32.1. The van der Waals surface area contributed by atoms with E-state index in [1.807, 2.05) is 30.2 Å². The average molecular weight is 301 g/mol. The van der Waals surface area contributed by atoms with Crippen LogP contribution in [-0.4, -0.2) is 17.4 Å². The molecule has 0 atom stereocenters. The second-order valence-electron chi connectivity index (χ2n) is 5.26. The van der Waals surface area contributed by atoms with Gasteiger partial charge in [-0.3, -0.25) is 4.79 Å². The lowest BCUT2D eigenvalue weighted by Crippen LogP contribution is -2.23. The lowest BCUT2D eigenvalue weighted by atomic mass is 10.2. The average Bonchev–Trinajstić information content (AvgIpc) is 3.09. The molecule has 1 fully saturated rings.